The molecule has 21 heavy (non-hydrogen) atoms. The number of aromatic carboxylic acids is 1. The van der Waals surface area contributed by atoms with Gasteiger partial charge in [0.1, 0.15) is 10.6 Å². The summed E-state index contributed by atoms with van der Waals surface area (Å²) in [4.78, 5) is 23.2. The van der Waals surface area contributed by atoms with Gasteiger partial charge in [-0.05, 0) is 37.6 Å². The van der Waals surface area contributed by atoms with Gasteiger partial charge >= 0.3 is 5.97 Å². The molecule has 0 spiro atoms. The summed E-state index contributed by atoms with van der Waals surface area (Å²) < 4.78 is 5.51. The molecule has 1 unspecified atom stereocenters. The molecule has 6 heteroatoms. The van der Waals surface area contributed by atoms with E-state index in [-0.39, 0.29) is 10.8 Å². The highest BCUT2D eigenvalue weighted by atomic mass is 32.1. The number of rotatable bonds is 5. The minimum Gasteiger partial charge on any atom is -0.481 e. The van der Waals surface area contributed by atoms with Gasteiger partial charge in [-0.1, -0.05) is 18.2 Å². The van der Waals surface area contributed by atoms with Crippen LogP contribution in [0.2, 0.25) is 0 Å². The number of hydrogen-bond donors (Lipinski definition) is 2. The summed E-state index contributed by atoms with van der Waals surface area (Å²) in [6.07, 6.45) is -0.678. The minimum atomic E-state index is -0.994. The molecule has 110 valence electrons. The molecule has 5 nitrogen and oxygen atoms in total. The molecule has 0 aliphatic rings. The van der Waals surface area contributed by atoms with Crippen molar-refractivity contribution in [3.8, 4) is 5.75 Å². The molecule has 0 aliphatic heterocycles. The largest absolute Gasteiger partial charge is 0.481 e. The van der Waals surface area contributed by atoms with Crippen LogP contribution >= 0.6 is 11.3 Å². The molecular weight excluding hydrogens is 290 g/mol. The highest BCUT2D eigenvalue weighted by Crippen LogP contribution is 2.26. The van der Waals surface area contributed by atoms with E-state index in [1.807, 2.05) is 18.2 Å². The first-order valence-corrected chi connectivity index (χ1v) is 7.15. The van der Waals surface area contributed by atoms with Crippen LogP contribution in [0.25, 0.3) is 0 Å². The molecule has 0 bridgehead atoms. The van der Waals surface area contributed by atoms with Crippen LogP contribution in [0.5, 0.6) is 5.75 Å². The highest BCUT2D eigenvalue weighted by molar-refractivity contribution is 7.18. The standard InChI is InChI=1S/C15H15NO4S/c1-9-8-12(21-13(9)15(18)19)16-14(17)10(2)20-11-6-4-3-5-7-11/h3-8,10H,1-2H3,(H,16,17)(H,18,19). The fourth-order valence-corrected chi connectivity index (χ4v) is 2.65. The maximum absolute atomic E-state index is 12.0. The van der Waals surface area contributed by atoms with Crippen LogP contribution in [0.3, 0.4) is 0 Å². The van der Waals surface area contributed by atoms with Crippen LogP contribution in [0.1, 0.15) is 22.2 Å². The Bertz CT molecular complexity index is 651. The fourth-order valence-electron chi connectivity index (χ4n) is 1.74. The SMILES string of the molecule is Cc1cc(NC(=O)C(C)Oc2ccccc2)sc1C(=O)O. The summed E-state index contributed by atoms with van der Waals surface area (Å²) >= 11 is 1.03. The highest BCUT2D eigenvalue weighted by Gasteiger charge is 2.18. The molecular formula is C15H15NO4S. The first-order valence-electron chi connectivity index (χ1n) is 6.33. The molecule has 2 N–H and O–H groups in total. The van der Waals surface area contributed by atoms with Crippen molar-refractivity contribution in [1.29, 1.82) is 0 Å². The zero-order valence-corrected chi connectivity index (χ0v) is 12.4. The Kier molecular flexibility index (Phi) is 4.59. The summed E-state index contributed by atoms with van der Waals surface area (Å²) in [5.74, 6) is -0.711. The van der Waals surface area contributed by atoms with E-state index in [1.54, 1.807) is 32.0 Å². The summed E-state index contributed by atoms with van der Waals surface area (Å²) in [6, 6.07) is 10.7. The predicted octanol–water partition coefficient (Wildman–Crippen LogP) is 3.16. The smallest absolute Gasteiger partial charge is 0.346 e. The van der Waals surface area contributed by atoms with Gasteiger partial charge in [0.2, 0.25) is 0 Å². The van der Waals surface area contributed by atoms with E-state index in [0.717, 1.165) is 11.3 Å². The van der Waals surface area contributed by atoms with Crippen LogP contribution < -0.4 is 10.1 Å². The van der Waals surface area contributed by atoms with Gasteiger partial charge in [0.15, 0.2) is 6.10 Å². The molecule has 1 aromatic heterocycles. The number of para-hydroxylation sites is 1. The summed E-state index contributed by atoms with van der Waals surface area (Å²) in [7, 11) is 0. The molecule has 2 aromatic rings. The quantitative estimate of drug-likeness (QED) is 0.889. The van der Waals surface area contributed by atoms with Crippen molar-refractivity contribution in [3.63, 3.8) is 0 Å². The Morgan fingerprint density at radius 3 is 2.52 bits per heavy atom. The van der Waals surface area contributed by atoms with Crippen molar-refractivity contribution < 1.29 is 19.4 Å². The van der Waals surface area contributed by atoms with Gasteiger partial charge < -0.3 is 15.2 Å². The number of anilines is 1. The number of benzene rings is 1. The number of ether oxygens (including phenoxy) is 1. The van der Waals surface area contributed by atoms with Crippen molar-refractivity contribution >= 4 is 28.2 Å². The number of nitrogens with one attached hydrogen (secondary N) is 1. The molecule has 0 fully saturated rings. The van der Waals surface area contributed by atoms with Crippen molar-refractivity contribution in [1.82, 2.24) is 0 Å². The number of aryl methyl sites for hydroxylation is 1. The first kappa shape index (κ1) is 15.1. The fraction of sp³-hybridized carbons (Fsp3) is 0.200. The third-order valence-electron chi connectivity index (χ3n) is 2.78. The van der Waals surface area contributed by atoms with Crippen molar-refractivity contribution in [2.75, 3.05) is 5.32 Å². The number of carbonyl (C=O) groups excluding carboxylic acids is 1. The lowest BCUT2D eigenvalue weighted by Crippen LogP contribution is -2.29. The summed E-state index contributed by atoms with van der Waals surface area (Å²) in [6.45, 7) is 3.33. The van der Waals surface area contributed by atoms with Gasteiger partial charge in [-0.15, -0.1) is 11.3 Å². The van der Waals surface area contributed by atoms with Gasteiger partial charge in [-0.2, -0.15) is 0 Å². The molecule has 0 saturated carbocycles. The van der Waals surface area contributed by atoms with Gasteiger partial charge in [0.05, 0.1) is 5.00 Å². The van der Waals surface area contributed by atoms with Gasteiger partial charge in [-0.3, -0.25) is 4.79 Å². The molecule has 0 aliphatic carbocycles. The normalized spacial score (nSPS) is 11.7. The number of amides is 1. The van der Waals surface area contributed by atoms with Gasteiger partial charge in [-0.25, -0.2) is 4.79 Å². The van der Waals surface area contributed by atoms with E-state index < -0.39 is 12.1 Å². The lowest BCUT2D eigenvalue weighted by atomic mass is 10.3. The lowest BCUT2D eigenvalue weighted by molar-refractivity contribution is -0.122. The molecule has 1 aromatic carbocycles. The number of carboxylic acid groups (broad SMARTS) is 1. The number of hydrogen-bond acceptors (Lipinski definition) is 4. The molecule has 2 rings (SSSR count). The Balaban J connectivity index is 2.01. The van der Waals surface area contributed by atoms with Crippen LogP contribution in [0, 0.1) is 6.92 Å². The zero-order chi connectivity index (χ0) is 15.4. The Hall–Kier alpha value is -2.34. The first-order chi connectivity index (χ1) is 9.97. The van der Waals surface area contributed by atoms with Gasteiger partial charge in [0, 0.05) is 0 Å². The zero-order valence-electron chi connectivity index (χ0n) is 11.6. The summed E-state index contributed by atoms with van der Waals surface area (Å²) in [5.41, 5.74) is 0.624. The molecule has 0 radical (unpaired) electrons. The topological polar surface area (TPSA) is 75.6 Å². The summed E-state index contributed by atoms with van der Waals surface area (Å²) in [5, 5.41) is 12.2. The van der Waals surface area contributed by atoms with Crippen molar-refractivity contribution in [3.05, 3.63) is 46.8 Å². The third kappa shape index (κ3) is 3.82. The van der Waals surface area contributed by atoms with Crippen LogP contribution in [-0.4, -0.2) is 23.1 Å². The molecule has 0 saturated heterocycles. The van der Waals surface area contributed by atoms with Crippen LogP contribution in [0.4, 0.5) is 5.00 Å². The maximum Gasteiger partial charge on any atom is 0.346 e. The number of carbonyl (C=O) groups is 2. The molecule has 1 amide bonds. The second kappa shape index (κ2) is 6.41. The molecule has 1 heterocycles. The Morgan fingerprint density at radius 1 is 1.29 bits per heavy atom. The van der Waals surface area contributed by atoms with E-state index in [2.05, 4.69) is 5.32 Å². The average molecular weight is 305 g/mol. The van der Waals surface area contributed by atoms with E-state index >= 15 is 0 Å². The maximum atomic E-state index is 12.0. The van der Waals surface area contributed by atoms with Gasteiger partial charge in [0.25, 0.3) is 5.91 Å². The van der Waals surface area contributed by atoms with Crippen LogP contribution in [-0.2, 0) is 4.79 Å². The van der Waals surface area contributed by atoms with E-state index in [4.69, 9.17) is 9.84 Å². The van der Waals surface area contributed by atoms with Crippen LogP contribution in [0.15, 0.2) is 36.4 Å². The Labute approximate surface area is 126 Å². The lowest BCUT2D eigenvalue weighted by Gasteiger charge is -2.13. The van der Waals surface area contributed by atoms with Crippen molar-refractivity contribution in [2.45, 2.75) is 20.0 Å². The third-order valence-corrected chi connectivity index (χ3v) is 3.92. The Morgan fingerprint density at radius 2 is 1.95 bits per heavy atom. The van der Waals surface area contributed by atoms with E-state index in [9.17, 15) is 9.59 Å². The molecule has 1 atom stereocenters. The monoisotopic (exact) mass is 305 g/mol. The second-order valence-corrected chi connectivity index (χ2v) is 5.54. The average Bonchev–Trinajstić information content (AvgIpc) is 2.80. The van der Waals surface area contributed by atoms with E-state index in [1.165, 1.54) is 0 Å². The minimum absolute atomic E-state index is 0.224. The number of carboxylic acids is 1. The second-order valence-electron chi connectivity index (χ2n) is 4.49. The van der Waals surface area contributed by atoms with E-state index in [0.29, 0.717) is 16.3 Å². The van der Waals surface area contributed by atoms with Crippen molar-refractivity contribution in [2.24, 2.45) is 0 Å². The number of thiophene rings is 1. The predicted molar refractivity (Wildman–Crippen MR) is 81.2 cm³/mol.